The van der Waals surface area contributed by atoms with Crippen LogP contribution in [-0.4, -0.2) is 43.7 Å². The van der Waals surface area contributed by atoms with Crippen LogP contribution in [0.3, 0.4) is 0 Å². The number of rotatable bonds is 7. The Kier molecular flexibility index (Phi) is 6.78. The fraction of sp³-hybridized carbons (Fsp3) is 0.381. The normalized spacial score (nSPS) is 12.8. The molecule has 0 heterocycles. The molecule has 0 N–H and O–H groups in total. The van der Waals surface area contributed by atoms with E-state index in [0.717, 1.165) is 5.56 Å². The fourth-order valence-corrected chi connectivity index (χ4v) is 4.76. The van der Waals surface area contributed by atoms with Gasteiger partial charge in [-0.25, -0.2) is 8.42 Å². The second kappa shape index (κ2) is 8.67. The molecule has 146 valence electrons. The molecule has 0 aliphatic carbocycles. The number of carbonyl (C=O) groups excluding carboxylic acids is 1. The van der Waals surface area contributed by atoms with Crippen molar-refractivity contribution in [3.05, 3.63) is 65.2 Å². The number of nitrogens with zero attached hydrogens (tertiary/aromatic N) is 2. The van der Waals surface area contributed by atoms with Crippen LogP contribution in [0.25, 0.3) is 0 Å². The number of hydrogen-bond donors (Lipinski definition) is 0. The summed E-state index contributed by atoms with van der Waals surface area (Å²) >= 11 is 0. The Bertz CT molecular complexity index is 891. The van der Waals surface area contributed by atoms with E-state index in [0.29, 0.717) is 24.2 Å². The lowest BCUT2D eigenvalue weighted by Gasteiger charge is -2.26. The summed E-state index contributed by atoms with van der Waals surface area (Å²) in [7, 11) is -1.89. The molecule has 27 heavy (non-hydrogen) atoms. The van der Waals surface area contributed by atoms with E-state index in [4.69, 9.17) is 0 Å². The molecule has 0 bridgehead atoms. The highest BCUT2D eigenvalue weighted by Crippen LogP contribution is 2.24. The predicted molar refractivity (Wildman–Crippen MR) is 108 cm³/mol. The highest BCUT2D eigenvalue weighted by atomic mass is 32.2. The molecule has 0 aliphatic heterocycles. The van der Waals surface area contributed by atoms with Crippen LogP contribution in [0, 0.1) is 6.92 Å². The largest absolute Gasteiger partial charge is 0.335 e. The van der Waals surface area contributed by atoms with Gasteiger partial charge in [0.25, 0.3) is 5.91 Å². The van der Waals surface area contributed by atoms with Crippen molar-refractivity contribution < 1.29 is 13.2 Å². The van der Waals surface area contributed by atoms with E-state index >= 15 is 0 Å². The van der Waals surface area contributed by atoms with Gasteiger partial charge < -0.3 is 4.90 Å². The standard InChI is InChI=1S/C21H28N2O3S/c1-6-23(7-2)27(25,26)20-15-19(14-13-16(20)3)21(24)22(5)17(4)18-11-9-8-10-12-18/h8-15,17H,6-7H2,1-5H3. The van der Waals surface area contributed by atoms with Crippen molar-refractivity contribution in [2.45, 2.75) is 38.6 Å². The van der Waals surface area contributed by atoms with Gasteiger partial charge in [0, 0.05) is 25.7 Å². The number of hydrogen-bond acceptors (Lipinski definition) is 3. The topological polar surface area (TPSA) is 57.7 Å². The maximum absolute atomic E-state index is 13.0. The quantitative estimate of drug-likeness (QED) is 0.724. The van der Waals surface area contributed by atoms with Crippen LogP contribution in [0.1, 0.15) is 48.3 Å². The van der Waals surface area contributed by atoms with E-state index in [-0.39, 0.29) is 16.8 Å². The molecule has 0 saturated heterocycles. The van der Waals surface area contributed by atoms with Gasteiger partial charge >= 0.3 is 0 Å². The smallest absolute Gasteiger partial charge is 0.254 e. The summed E-state index contributed by atoms with van der Waals surface area (Å²) in [5.74, 6) is -0.206. The van der Waals surface area contributed by atoms with Crippen LogP contribution in [0.5, 0.6) is 0 Å². The summed E-state index contributed by atoms with van der Waals surface area (Å²) < 4.78 is 27.2. The van der Waals surface area contributed by atoms with E-state index in [1.807, 2.05) is 37.3 Å². The summed E-state index contributed by atoms with van der Waals surface area (Å²) in [5.41, 5.74) is 2.03. The van der Waals surface area contributed by atoms with Crippen LogP contribution in [0.4, 0.5) is 0 Å². The summed E-state index contributed by atoms with van der Waals surface area (Å²) in [6, 6.07) is 14.5. The summed E-state index contributed by atoms with van der Waals surface area (Å²) in [6.07, 6.45) is 0. The highest BCUT2D eigenvalue weighted by molar-refractivity contribution is 7.89. The molecule has 6 heteroatoms. The van der Waals surface area contributed by atoms with Crippen molar-refractivity contribution in [2.75, 3.05) is 20.1 Å². The molecule has 0 spiro atoms. The maximum atomic E-state index is 13.0. The second-order valence-corrected chi connectivity index (χ2v) is 8.48. The van der Waals surface area contributed by atoms with Crippen LogP contribution in [-0.2, 0) is 10.0 Å². The molecule has 0 aromatic heterocycles. The molecular weight excluding hydrogens is 360 g/mol. The third kappa shape index (κ3) is 4.39. The Hall–Kier alpha value is -2.18. The molecule has 2 aromatic rings. The minimum absolute atomic E-state index is 0.122. The Morgan fingerprint density at radius 2 is 1.63 bits per heavy atom. The van der Waals surface area contributed by atoms with Gasteiger partial charge in [0.2, 0.25) is 10.0 Å². The lowest BCUT2D eigenvalue weighted by Crippen LogP contribution is -2.32. The maximum Gasteiger partial charge on any atom is 0.254 e. The average Bonchev–Trinajstić information content (AvgIpc) is 2.68. The average molecular weight is 389 g/mol. The van der Waals surface area contributed by atoms with Crippen LogP contribution < -0.4 is 0 Å². The van der Waals surface area contributed by atoms with Gasteiger partial charge in [0.15, 0.2) is 0 Å². The molecule has 5 nitrogen and oxygen atoms in total. The van der Waals surface area contributed by atoms with Crippen LogP contribution >= 0.6 is 0 Å². The predicted octanol–water partition coefficient (Wildman–Crippen LogP) is 3.86. The Balaban J connectivity index is 2.38. The third-order valence-corrected chi connectivity index (χ3v) is 7.13. The van der Waals surface area contributed by atoms with Gasteiger partial charge in [-0.2, -0.15) is 4.31 Å². The first-order valence-corrected chi connectivity index (χ1v) is 10.6. The molecule has 1 amide bonds. The highest BCUT2D eigenvalue weighted by Gasteiger charge is 2.26. The Labute approximate surface area is 162 Å². The minimum Gasteiger partial charge on any atom is -0.335 e. The zero-order valence-corrected chi connectivity index (χ0v) is 17.5. The third-order valence-electron chi connectivity index (χ3n) is 4.94. The van der Waals surface area contributed by atoms with Crippen molar-refractivity contribution >= 4 is 15.9 Å². The molecule has 0 radical (unpaired) electrons. The molecule has 2 rings (SSSR count). The lowest BCUT2D eigenvalue weighted by atomic mass is 10.1. The van der Waals surface area contributed by atoms with Gasteiger partial charge in [0.1, 0.15) is 0 Å². The molecule has 0 aliphatic rings. The SMILES string of the molecule is CCN(CC)S(=O)(=O)c1cc(C(=O)N(C)C(C)c2ccccc2)ccc1C. The first kappa shape index (κ1) is 21.1. The van der Waals surface area contributed by atoms with Crippen LogP contribution in [0.15, 0.2) is 53.4 Å². The number of amides is 1. The van der Waals surface area contributed by atoms with Crippen molar-refractivity contribution in [1.82, 2.24) is 9.21 Å². The number of carbonyl (C=O) groups is 1. The summed E-state index contributed by atoms with van der Waals surface area (Å²) in [4.78, 5) is 14.8. The van der Waals surface area contributed by atoms with E-state index in [2.05, 4.69) is 0 Å². The Morgan fingerprint density at radius 1 is 1.04 bits per heavy atom. The molecule has 0 fully saturated rings. The summed E-state index contributed by atoms with van der Waals surface area (Å²) in [5, 5.41) is 0. The first-order chi connectivity index (χ1) is 12.7. The van der Waals surface area contributed by atoms with Crippen molar-refractivity contribution in [1.29, 1.82) is 0 Å². The molecule has 1 unspecified atom stereocenters. The molecule has 1 atom stereocenters. The lowest BCUT2D eigenvalue weighted by molar-refractivity contribution is 0.0742. The van der Waals surface area contributed by atoms with E-state index in [9.17, 15) is 13.2 Å². The monoisotopic (exact) mass is 388 g/mol. The number of benzene rings is 2. The molecule has 2 aromatic carbocycles. The number of sulfonamides is 1. The zero-order valence-electron chi connectivity index (χ0n) is 16.6. The Morgan fingerprint density at radius 3 is 2.19 bits per heavy atom. The van der Waals surface area contributed by atoms with Gasteiger partial charge in [-0.1, -0.05) is 50.2 Å². The van der Waals surface area contributed by atoms with E-state index < -0.39 is 10.0 Å². The second-order valence-electron chi connectivity index (χ2n) is 6.57. The van der Waals surface area contributed by atoms with Gasteiger partial charge in [-0.15, -0.1) is 0 Å². The number of aryl methyl sites for hydroxylation is 1. The van der Waals surface area contributed by atoms with E-state index in [1.54, 1.807) is 44.9 Å². The van der Waals surface area contributed by atoms with E-state index in [1.165, 1.54) is 10.4 Å². The van der Waals surface area contributed by atoms with Crippen molar-refractivity contribution in [3.63, 3.8) is 0 Å². The van der Waals surface area contributed by atoms with Crippen LogP contribution in [0.2, 0.25) is 0 Å². The molecule has 0 saturated carbocycles. The fourth-order valence-electron chi connectivity index (χ4n) is 3.05. The van der Waals surface area contributed by atoms with Crippen molar-refractivity contribution in [2.24, 2.45) is 0 Å². The molecular formula is C21H28N2O3S. The van der Waals surface area contributed by atoms with Gasteiger partial charge in [-0.3, -0.25) is 4.79 Å². The van der Waals surface area contributed by atoms with Gasteiger partial charge in [0.05, 0.1) is 10.9 Å². The zero-order chi connectivity index (χ0) is 20.2. The van der Waals surface area contributed by atoms with Gasteiger partial charge in [-0.05, 0) is 37.1 Å². The van der Waals surface area contributed by atoms with Crippen molar-refractivity contribution in [3.8, 4) is 0 Å². The minimum atomic E-state index is -3.62. The summed E-state index contributed by atoms with van der Waals surface area (Å²) in [6.45, 7) is 8.10. The first-order valence-electron chi connectivity index (χ1n) is 9.16.